The highest BCUT2D eigenvalue weighted by Gasteiger charge is 2.26. The van der Waals surface area contributed by atoms with Crippen LogP contribution in [0, 0.1) is 23.6 Å². The summed E-state index contributed by atoms with van der Waals surface area (Å²) in [5, 5.41) is 10.6. The fraction of sp³-hybridized carbons (Fsp3) is 0.364. The van der Waals surface area contributed by atoms with Crippen LogP contribution < -0.4 is 0 Å². The Kier molecular flexibility index (Phi) is 9.85. The van der Waals surface area contributed by atoms with E-state index in [9.17, 15) is 4.39 Å². The van der Waals surface area contributed by atoms with Gasteiger partial charge >= 0.3 is 8.60 Å². The number of hydrogen-bond acceptors (Lipinski definition) is 6. The first-order chi connectivity index (χ1) is 14.5. The second-order valence-corrected chi connectivity index (χ2v) is 7.89. The molecular weight excluding hydrogens is 406 g/mol. The highest BCUT2D eigenvalue weighted by atomic mass is 31.2. The Labute approximate surface area is 177 Å². The summed E-state index contributed by atoms with van der Waals surface area (Å²) >= 11 is 0. The van der Waals surface area contributed by atoms with Crippen molar-refractivity contribution < 1.29 is 23.5 Å². The van der Waals surface area contributed by atoms with Crippen molar-refractivity contribution in [3.05, 3.63) is 71.0 Å². The van der Waals surface area contributed by atoms with Crippen LogP contribution in [-0.4, -0.2) is 22.1 Å². The van der Waals surface area contributed by atoms with Gasteiger partial charge in [-0.3, -0.25) is 0 Å². The third kappa shape index (κ3) is 7.47. The Morgan fingerprint density at radius 1 is 1.20 bits per heavy atom. The van der Waals surface area contributed by atoms with Crippen LogP contribution in [0.4, 0.5) is 4.39 Å². The SMILES string of the molecule is C#N.C/C(=N\OCc1cccc(F)c1)c1ccc(C2CCC(COP(O)O)C2)cc1. The average Bonchev–Trinajstić information content (AvgIpc) is 3.23. The van der Waals surface area contributed by atoms with Gasteiger partial charge in [0.15, 0.2) is 0 Å². The molecule has 3 rings (SSSR count). The Morgan fingerprint density at radius 2 is 1.93 bits per heavy atom. The summed E-state index contributed by atoms with van der Waals surface area (Å²) in [6.45, 7) is 6.01. The molecule has 2 N–H and O–H groups in total. The van der Waals surface area contributed by atoms with Crippen LogP contribution >= 0.6 is 8.60 Å². The normalized spacial score (nSPS) is 18.7. The number of rotatable bonds is 8. The first-order valence-electron chi connectivity index (χ1n) is 9.59. The summed E-state index contributed by atoms with van der Waals surface area (Å²) in [6.07, 6.45) is 3.10. The van der Waals surface area contributed by atoms with E-state index in [0.717, 1.165) is 36.1 Å². The summed E-state index contributed by atoms with van der Waals surface area (Å²) in [5.41, 5.74) is 3.75. The molecule has 2 aromatic carbocycles. The molecule has 6 nitrogen and oxygen atoms in total. The number of halogens is 1. The fourth-order valence-corrected chi connectivity index (χ4v) is 3.92. The van der Waals surface area contributed by atoms with Crippen molar-refractivity contribution in [1.82, 2.24) is 0 Å². The molecule has 0 amide bonds. The Hall–Kier alpha value is -2.36. The van der Waals surface area contributed by atoms with Gasteiger partial charge < -0.3 is 19.1 Å². The molecule has 0 radical (unpaired) electrons. The standard InChI is InChI=1S/C21H25FNO4P.CHN/c1-15(23-26-13-16-3-2-4-21(22)12-16)18-7-9-19(10-8-18)20-6-5-17(11-20)14-27-28(24)25;1-2/h2-4,7-10,12,17,20,24-25H,5-6,11,13-14H2,1H3;1H/b23-15+;. The Balaban J connectivity index is 0.00000155. The van der Waals surface area contributed by atoms with E-state index in [1.54, 1.807) is 12.1 Å². The van der Waals surface area contributed by atoms with E-state index in [1.165, 1.54) is 17.7 Å². The van der Waals surface area contributed by atoms with Crippen LogP contribution in [0.3, 0.4) is 0 Å². The second-order valence-electron chi connectivity index (χ2n) is 7.13. The number of hydrogen-bond donors (Lipinski definition) is 2. The minimum atomic E-state index is -2.26. The van der Waals surface area contributed by atoms with E-state index in [2.05, 4.69) is 23.9 Å². The van der Waals surface area contributed by atoms with Crippen molar-refractivity contribution in [3.8, 4) is 6.57 Å². The molecule has 0 saturated heterocycles. The van der Waals surface area contributed by atoms with E-state index in [-0.39, 0.29) is 12.4 Å². The summed E-state index contributed by atoms with van der Waals surface area (Å²) in [5.74, 6) is 0.549. The molecule has 8 heteroatoms. The van der Waals surface area contributed by atoms with Crippen molar-refractivity contribution >= 4 is 14.3 Å². The van der Waals surface area contributed by atoms with Crippen molar-refractivity contribution in [2.45, 2.75) is 38.7 Å². The predicted octanol–water partition coefficient (Wildman–Crippen LogP) is 5.02. The van der Waals surface area contributed by atoms with Crippen molar-refractivity contribution in [3.63, 3.8) is 0 Å². The lowest BCUT2D eigenvalue weighted by Gasteiger charge is -2.13. The monoisotopic (exact) mass is 432 g/mol. The highest BCUT2D eigenvalue weighted by Crippen LogP contribution is 2.40. The zero-order chi connectivity index (χ0) is 21.9. The van der Waals surface area contributed by atoms with Gasteiger partial charge in [-0.15, -0.1) is 0 Å². The molecular formula is C22H26FN2O4P. The number of nitrogens with zero attached hydrogens (tertiary/aromatic N) is 2. The maximum absolute atomic E-state index is 13.2. The van der Waals surface area contributed by atoms with E-state index in [0.29, 0.717) is 18.4 Å². The van der Waals surface area contributed by atoms with Crippen LogP contribution in [0.1, 0.15) is 48.8 Å². The maximum atomic E-state index is 13.2. The summed E-state index contributed by atoms with van der Waals surface area (Å²) in [7, 11) is -2.26. The summed E-state index contributed by atoms with van der Waals surface area (Å²) < 4.78 is 18.1. The molecule has 0 aliphatic heterocycles. The van der Waals surface area contributed by atoms with Gasteiger partial charge in [0.05, 0.1) is 12.3 Å². The van der Waals surface area contributed by atoms with Gasteiger partial charge in [0.1, 0.15) is 12.4 Å². The lowest BCUT2D eigenvalue weighted by molar-refractivity contribution is 0.130. The van der Waals surface area contributed by atoms with Crippen LogP contribution in [-0.2, 0) is 16.0 Å². The molecule has 1 fully saturated rings. The number of nitriles is 1. The van der Waals surface area contributed by atoms with E-state index in [4.69, 9.17) is 24.4 Å². The van der Waals surface area contributed by atoms with Gasteiger partial charge in [-0.1, -0.05) is 41.6 Å². The smallest absolute Gasteiger partial charge is 0.327 e. The molecule has 30 heavy (non-hydrogen) atoms. The van der Waals surface area contributed by atoms with Crippen molar-refractivity contribution in [2.75, 3.05) is 6.61 Å². The van der Waals surface area contributed by atoms with E-state index >= 15 is 0 Å². The molecule has 0 aromatic heterocycles. The van der Waals surface area contributed by atoms with Gasteiger partial charge in [-0.2, -0.15) is 0 Å². The lowest BCUT2D eigenvalue weighted by atomic mass is 9.95. The molecule has 1 aliphatic carbocycles. The van der Waals surface area contributed by atoms with Crippen molar-refractivity contribution in [2.24, 2.45) is 11.1 Å². The predicted molar refractivity (Wildman–Crippen MR) is 114 cm³/mol. The first kappa shape index (κ1) is 23.9. The fourth-order valence-electron chi connectivity index (χ4n) is 3.58. The second kappa shape index (κ2) is 12.4. The molecule has 1 aliphatic rings. The van der Waals surface area contributed by atoms with Gasteiger partial charge in [-0.05, 0) is 66.8 Å². The average molecular weight is 432 g/mol. The molecule has 2 atom stereocenters. The van der Waals surface area contributed by atoms with E-state index in [1.807, 2.05) is 19.1 Å². The van der Waals surface area contributed by atoms with E-state index < -0.39 is 8.60 Å². The molecule has 2 unspecified atom stereocenters. The Morgan fingerprint density at radius 3 is 2.60 bits per heavy atom. The maximum Gasteiger partial charge on any atom is 0.327 e. The summed E-state index contributed by atoms with van der Waals surface area (Å²) in [6, 6.07) is 14.6. The van der Waals surface area contributed by atoms with Gasteiger partial charge in [0.25, 0.3) is 0 Å². The molecule has 160 valence electrons. The number of benzene rings is 2. The lowest BCUT2D eigenvalue weighted by Crippen LogP contribution is -2.04. The zero-order valence-corrected chi connectivity index (χ0v) is 17.7. The molecule has 2 aromatic rings. The minimum absolute atomic E-state index is 0.225. The zero-order valence-electron chi connectivity index (χ0n) is 16.8. The van der Waals surface area contributed by atoms with Crippen LogP contribution in [0.2, 0.25) is 0 Å². The Bertz CT molecular complexity index is 843. The quantitative estimate of drug-likeness (QED) is 0.347. The van der Waals surface area contributed by atoms with Crippen LogP contribution in [0.25, 0.3) is 0 Å². The van der Waals surface area contributed by atoms with Gasteiger partial charge in [0.2, 0.25) is 0 Å². The van der Waals surface area contributed by atoms with Crippen molar-refractivity contribution in [1.29, 1.82) is 5.26 Å². The highest BCUT2D eigenvalue weighted by molar-refractivity contribution is 7.39. The minimum Gasteiger partial charge on any atom is -0.391 e. The largest absolute Gasteiger partial charge is 0.391 e. The van der Waals surface area contributed by atoms with Crippen LogP contribution in [0.15, 0.2) is 53.7 Å². The molecule has 0 heterocycles. The van der Waals surface area contributed by atoms with Gasteiger partial charge in [-0.25, -0.2) is 9.65 Å². The van der Waals surface area contributed by atoms with Crippen LogP contribution in [0.5, 0.6) is 0 Å². The van der Waals surface area contributed by atoms with Gasteiger partial charge in [0, 0.05) is 6.57 Å². The molecule has 1 saturated carbocycles. The first-order valence-corrected chi connectivity index (χ1v) is 10.8. The third-order valence-electron chi connectivity index (χ3n) is 5.09. The molecule has 0 bridgehead atoms. The summed E-state index contributed by atoms with van der Waals surface area (Å²) in [4.78, 5) is 23.1. The number of oxime groups is 1. The molecule has 0 spiro atoms. The topological polar surface area (TPSA) is 95.1 Å². The third-order valence-corrected chi connectivity index (χ3v) is 5.47.